The summed E-state index contributed by atoms with van der Waals surface area (Å²) in [6, 6.07) is 7.50. The molecule has 1 aliphatic heterocycles. The van der Waals surface area contributed by atoms with E-state index in [2.05, 4.69) is 10.1 Å². The minimum Gasteiger partial charge on any atom is -0.497 e. The molecular formula is C22H29N3O3. The minimum absolute atomic E-state index is 0.0932. The summed E-state index contributed by atoms with van der Waals surface area (Å²) in [7, 11) is 1.64. The second kappa shape index (κ2) is 8.76. The van der Waals surface area contributed by atoms with Crippen LogP contribution in [0.2, 0.25) is 0 Å². The molecular weight excluding hydrogens is 354 g/mol. The smallest absolute Gasteiger partial charge is 0.249 e. The first-order valence-electron chi connectivity index (χ1n) is 10.5. The van der Waals surface area contributed by atoms with Crippen molar-refractivity contribution in [1.82, 2.24) is 15.0 Å². The van der Waals surface area contributed by atoms with Crippen LogP contribution in [0.3, 0.4) is 0 Å². The number of carbonyl (C=O) groups is 1. The number of ether oxygens (including phenoxy) is 1. The zero-order chi connectivity index (χ0) is 19.3. The van der Waals surface area contributed by atoms with E-state index in [4.69, 9.17) is 9.26 Å². The molecule has 2 aromatic rings. The number of piperidine rings is 1. The van der Waals surface area contributed by atoms with Crippen LogP contribution in [0.5, 0.6) is 5.75 Å². The molecule has 0 bridgehead atoms. The van der Waals surface area contributed by atoms with Crippen LogP contribution in [-0.4, -0.2) is 34.6 Å². The molecule has 28 heavy (non-hydrogen) atoms. The second-order valence-electron chi connectivity index (χ2n) is 7.97. The fourth-order valence-corrected chi connectivity index (χ4v) is 4.48. The highest BCUT2D eigenvalue weighted by molar-refractivity contribution is 5.76. The highest BCUT2D eigenvalue weighted by Crippen LogP contribution is 2.33. The summed E-state index contributed by atoms with van der Waals surface area (Å²) in [5.41, 5.74) is 0.880. The molecule has 6 heteroatoms. The lowest BCUT2D eigenvalue weighted by atomic mass is 9.98. The maximum atomic E-state index is 12.9. The number of likely N-dealkylation sites (tertiary alicyclic amines) is 1. The van der Waals surface area contributed by atoms with Crippen LogP contribution in [0.25, 0.3) is 11.4 Å². The number of hydrogen-bond donors (Lipinski definition) is 0. The van der Waals surface area contributed by atoms with Crippen molar-refractivity contribution in [2.45, 2.75) is 63.8 Å². The molecule has 1 aromatic heterocycles. The van der Waals surface area contributed by atoms with Gasteiger partial charge in [0.1, 0.15) is 11.8 Å². The van der Waals surface area contributed by atoms with E-state index in [9.17, 15) is 4.79 Å². The average Bonchev–Trinajstić information content (AvgIpc) is 3.44. The molecule has 6 nitrogen and oxygen atoms in total. The SMILES string of the molecule is COc1ccc(-c2noc([C@H]3CCCCN3C(=O)CCC3CCCC3)n2)cc1. The average molecular weight is 383 g/mol. The zero-order valence-electron chi connectivity index (χ0n) is 16.6. The minimum atomic E-state index is -0.0932. The van der Waals surface area contributed by atoms with E-state index in [0.29, 0.717) is 18.1 Å². The predicted octanol–water partition coefficient (Wildman–Crippen LogP) is 4.77. The number of methoxy groups -OCH3 is 1. The van der Waals surface area contributed by atoms with E-state index >= 15 is 0 Å². The Morgan fingerprint density at radius 2 is 1.89 bits per heavy atom. The Morgan fingerprint density at radius 3 is 2.64 bits per heavy atom. The van der Waals surface area contributed by atoms with E-state index in [-0.39, 0.29) is 11.9 Å². The Bertz CT molecular complexity index is 781. The van der Waals surface area contributed by atoms with Gasteiger partial charge in [0.05, 0.1) is 7.11 Å². The van der Waals surface area contributed by atoms with Crippen LogP contribution in [-0.2, 0) is 4.79 Å². The van der Waals surface area contributed by atoms with E-state index in [1.54, 1.807) is 7.11 Å². The number of carbonyl (C=O) groups excluding carboxylic acids is 1. The number of benzene rings is 1. The van der Waals surface area contributed by atoms with Gasteiger partial charge in [0.15, 0.2) is 0 Å². The van der Waals surface area contributed by atoms with Crippen LogP contribution in [0.4, 0.5) is 0 Å². The molecule has 1 saturated heterocycles. The third-order valence-corrected chi connectivity index (χ3v) is 6.14. The quantitative estimate of drug-likeness (QED) is 0.719. The lowest BCUT2D eigenvalue weighted by molar-refractivity contribution is -0.136. The maximum Gasteiger partial charge on any atom is 0.249 e. The lowest BCUT2D eigenvalue weighted by Gasteiger charge is -2.33. The van der Waals surface area contributed by atoms with Crippen LogP contribution in [0, 0.1) is 5.92 Å². The highest BCUT2D eigenvalue weighted by Gasteiger charge is 2.32. The normalized spacial score (nSPS) is 20.5. The van der Waals surface area contributed by atoms with Crippen molar-refractivity contribution in [3.63, 3.8) is 0 Å². The molecule has 0 N–H and O–H groups in total. The van der Waals surface area contributed by atoms with Crippen molar-refractivity contribution in [3.05, 3.63) is 30.2 Å². The van der Waals surface area contributed by atoms with Crippen LogP contribution < -0.4 is 4.74 Å². The topological polar surface area (TPSA) is 68.5 Å². The number of aromatic nitrogens is 2. The summed E-state index contributed by atoms with van der Waals surface area (Å²) in [4.78, 5) is 19.5. The largest absolute Gasteiger partial charge is 0.497 e. The molecule has 0 spiro atoms. The highest BCUT2D eigenvalue weighted by atomic mass is 16.5. The van der Waals surface area contributed by atoms with Gasteiger partial charge in [0, 0.05) is 18.5 Å². The number of nitrogens with zero attached hydrogens (tertiary/aromatic N) is 3. The molecule has 0 unspecified atom stereocenters. The molecule has 0 radical (unpaired) electrons. The van der Waals surface area contributed by atoms with Crippen LogP contribution >= 0.6 is 0 Å². The molecule has 4 rings (SSSR count). The van der Waals surface area contributed by atoms with Gasteiger partial charge in [0.2, 0.25) is 17.6 Å². The van der Waals surface area contributed by atoms with Gasteiger partial charge in [-0.05, 0) is 55.9 Å². The zero-order valence-corrected chi connectivity index (χ0v) is 16.6. The number of amides is 1. The van der Waals surface area contributed by atoms with E-state index in [1.807, 2.05) is 29.2 Å². The Morgan fingerprint density at radius 1 is 1.14 bits per heavy atom. The van der Waals surface area contributed by atoms with Gasteiger partial charge < -0.3 is 14.2 Å². The molecule has 1 aliphatic carbocycles. The van der Waals surface area contributed by atoms with Crippen molar-refractivity contribution < 1.29 is 14.1 Å². The Balaban J connectivity index is 1.44. The van der Waals surface area contributed by atoms with Gasteiger partial charge in [-0.2, -0.15) is 4.98 Å². The molecule has 1 saturated carbocycles. The molecule has 2 fully saturated rings. The van der Waals surface area contributed by atoms with Crippen molar-refractivity contribution in [2.24, 2.45) is 5.92 Å². The Hall–Kier alpha value is -2.37. The summed E-state index contributed by atoms with van der Waals surface area (Å²) in [5, 5.41) is 4.16. The first-order valence-corrected chi connectivity index (χ1v) is 10.5. The van der Waals surface area contributed by atoms with Crippen LogP contribution in [0.1, 0.15) is 69.7 Å². The number of hydrogen-bond acceptors (Lipinski definition) is 5. The van der Waals surface area contributed by atoms with Crippen LogP contribution in [0.15, 0.2) is 28.8 Å². The first kappa shape index (κ1) is 19.0. The third-order valence-electron chi connectivity index (χ3n) is 6.14. The van der Waals surface area contributed by atoms with Gasteiger partial charge in [-0.1, -0.05) is 30.8 Å². The predicted molar refractivity (Wildman–Crippen MR) is 106 cm³/mol. The Labute approximate surface area is 166 Å². The summed E-state index contributed by atoms with van der Waals surface area (Å²) in [6.07, 6.45) is 9.88. The summed E-state index contributed by atoms with van der Waals surface area (Å²) >= 11 is 0. The van der Waals surface area contributed by atoms with Gasteiger partial charge in [-0.3, -0.25) is 4.79 Å². The third kappa shape index (κ3) is 4.21. The van der Waals surface area contributed by atoms with Crippen molar-refractivity contribution >= 4 is 5.91 Å². The van der Waals surface area contributed by atoms with Gasteiger partial charge in [-0.25, -0.2) is 0 Å². The molecule has 1 amide bonds. The lowest BCUT2D eigenvalue weighted by Crippen LogP contribution is -2.38. The maximum absolute atomic E-state index is 12.9. The standard InChI is InChI=1S/C22H29N3O3/c1-27-18-12-10-17(11-13-18)21-23-22(28-24-21)19-8-4-5-15-25(19)20(26)14-9-16-6-2-3-7-16/h10-13,16,19H,2-9,14-15H2,1H3/t19-/m1/s1. The molecule has 2 aliphatic rings. The first-order chi connectivity index (χ1) is 13.7. The van der Waals surface area contributed by atoms with Gasteiger partial charge in [0.25, 0.3) is 0 Å². The van der Waals surface area contributed by atoms with Crippen molar-refractivity contribution in [2.75, 3.05) is 13.7 Å². The van der Waals surface area contributed by atoms with Crippen molar-refractivity contribution in [3.8, 4) is 17.1 Å². The summed E-state index contributed by atoms with van der Waals surface area (Å²) in [5.74, 6) is 2.87. The molecule has 150 valence electrons. The second-order valence-corrected chi connectivity index (χ2v) is 7.97. The molecule has 2 heterocycles. The number of rotatable bonds is 6. The summed E-state index contributed by atoms with van der Waals surface area (Å²) in [6.45, 7) is 0.786. The van der Waals surface area contributed by atoms with E-state index in [1.165, 1.54) is 25.7 Å². The monoisotopic (exact) mass is 383 g/mol. The van der Waals surface area contributed by atoms with E-state index < -0.39 is 0 Å². The van der Waals surface area contributed by atoms with Gasteiger partial charge >= 0.3 is 0 Å². The van der Waals surface area contributed by atoms with Crippen molar-refractivity contribution in [1.29, 1.82) is 0 Å². The van der Waals surface area contributed by atoms with E-state index in [0.717, 1.165) is 49.5 Å². The summed E-state index contributed by atoms with van der Waals surface area (Å²) < 4.78 is 10.8. The Kier molecular flexibility index (Phi) is 5.93. The van der Waals surface area contributed by atoms with Gasteiger partial charge in [-0.15, -0.1) is 0 Å². The molecule has 1 atom stereocenters. The fraction of sp³-hybridized carbons (Fsp3) is 0.591. The molecule has 1 aromatic carbocycles. The fourth-order valence-electron chi connectivity index (χ4n) is 4.48.